The van der Waals surface area contributed by atoms with E-state index in [1.807, 2.05) is 36.4 Å². The number of nitrogens with zero attached hydrogens (tertiary/aromatic N) is 1. The monoisotopic (exact) mass is 246 g/mol. The lowest BCUT2D eigenvalue weighted by Gasteiger charge is -2.10. The Bertz CT molecular complexity index is 690. The minimum Gasteiger partial charge on any atom is -0.384 e. The zero-order chi connectivity index (χ0) is 13.1. The fourth-order valence-electron chi connectivity index (χ4n) is 2.22. The molecule has 0 aliphatic carbocycles. The Morgan fingerprint density at radius 3 is 2.00 bits per heavy atom. The number of benzene rings is 2. The first kappa shape index (κ1) is 11.5. The third-order valence-electron chi connectivity index (χ3n) is 3.10. The van der Waals surface area contributed by atoms with E-state index in [9.17, 15) is 0 Å². The largest absolute Gasteiger partial charge is 0.384 e. The molecule has 2 heteroatoms. The summed E-state index contributed by atoms with van der Waals surface area (Å²) in [5.41, 5.74) is 10.4. The third-order valence-corrected chi connectivity index (χ3v) is 3.10. The van der Waals surface area contributed by atoms with E-state index < -0.39 is 0 Å². The van der Waals surface area contributed by atoms with E-state index in [0.717, 1.165) is 5.56 Å². The van der Waals surface area contributed by atoms with Gasteiger partial charge < -0.3 is 5.73 Å². The van der Waals surface area contributed by atoms with Crippen LogP contribution in [0.4, 0.5) is 5.82 Å². The van der Waals surface area contributed by atoms with Crippen LogP contribution in [0.3, 0.4) is 0 Å². The fourth-order valence-corrected chi connectivity index (χ4v) is 2.22. The number of anilines is 1. The number of hydrogen-bond donors (Lipinski definition) is 1. The zero-order valence-electron chi connectivity index (χ0n) is 10.5. The van der Waals surface area contributed by atoms with E-state index in [2.05, 4.69) is 35.3 Å². The van der Waals surface area contributed by atoms with E-state index in [-0.39, 0.29) is 0 Å². The van der Waals surface area contributed by atoms with Gasteiger partial charge in [-0.2, -0.15) is 0 Å². The van der Waals surface area contributed by atoms with Crippen molar-refractivity contribution in [3.05, 3.63) is 72.9 Å². The lowest BCUT2D eigenvalue weighted by Crippen LogP contribution is -1.90. The summed E-state index contributed by atoms with van der Waals surface area (Å²) >= 11 is 0. The van der Waals surface area contributed by atoms with Crippen LogP contribution in [0.5, 0.6) is 0 Å². The lowest BCUT2D eigenvalue weighted by molar-refractivity contribution is 1.34. The van der Waals surface area contributed by atoms with Gasteiger partial charge in [0.25, 0.3) is 0 Å². The fraction of sp³-hybridized carbons (Fsp3) is 0. The molecule has 0 fully saturated rings. The van der Waals surface area contributed by atoms with Crippen molar-refractivity contribution in [3.8, 4) is 22.3 Å². The highest BCUT2D eigenvalue weighted by molar-refractivity contribution is 5.83. The van der Waals surface area contributed by atoms with Gasteiger partial charge in [0.15, 0.2) is 0 Å². The van der Waals surface area contributed by atoms with Crippen molar-refractivity contribution in [1.82, 2.24) is 4.98 Å². The van der Waals surface area contributed by atoms with Crippen LogP contribution in [0.15, 0.2) is 72.9 Å². The van der Waals surface area contributed by atoms with Crippen LogP contribution in [-0.2, 0) is 0 Å². The van der Waals surface area contributed by atoms with Gasteiger partial charge in [0.1, 0.15) is 5.82 Å². The minimum absolute atomic E-state index is 0.542. The molecule has 19 heavy (non-hydrogen) atoms. The van der Waals surface area contributed by atoms with Crippen LogP contribution in [0.2, 0.25) is 0 Å². The van der Waals surface area contributed by atoms with Crippen molar-refractivity contribution < 1.29 is 0 Å². The molecule has 3 rings (SSSR count). The van der Waals surface area contributed by atoms with Crippen LogP contribution in [0.25, 0.3) is 22.3 Å². The molecule has 1 aromatic heterocycles. The summed E-state index contributed by atoms with van der Waals surface area (Å²) in [6.07, 6.45) is 1.74. The molecule has 3 aromatic rings. The highest BCUT2D eigenvalue weighted by atomic mass is 14.8. The Morgan fingerprint density at radius 2 is 1.32 bits per heavy atom. The molecule has 0 atom stereocenters. The van der Waals surface area contributed by atoms with Crippen LogP contribution in [0, 0.1) is 0 Å². The van der Waals surface area contributed by atoms with Gasteiger partial charge in [-0.25, -0.2) is 4.98 Å². The van der Waals surface area contributed by atoms with Gasteiger partial charge in [0, 0.05) is 6.20 Å². The molecule has 0 aliphatic rings. The molecule has 0 saturated carbocycles. The molecule has 2 nitrogen and oxygen atoms in total. The number of hydrogen-bond acceptors (Lipinski definition) is 2. The highest BCUT2D eigenvalue weighted by Gasteiger charge is 2.06. The minimum atomic E-state index is 0.542. The first-order valence-electron chi connectivity index (χ1n) is 6.21. The molecule has 0 aliphatic heterocycles. The van der Waals surface area contributed by atoms with Gasteiger partial charge in [-0.3, -0.25) is 0 Å². The summed E-state index contributed by atoms with van der Waals surface area (Å²) in [4.78, 5) is 4.05. The predicted octanol–water partition coefficient (Wildman–Crippen LogP) is 4.00. The first-order valence-corrected chi connectivity index (χ1v) is 6.21. The molecular formula is C17H14N2. The van der Waals surface area contributed by atoms with Gasteiger partial charge in [-0.1, -0.05) is 54.6 Å². The Balaban J connectivity index is 2.18. The van der Waals surface area contributed by atoms with Crippen molar-refractivity contribution in [2.75, 3.05) is 5.73 Å². The Labute approximate surface area is 112 Å². The Morgan fingerprint density at radius 1 is 0.684 bits per heavy atom. The van der Waals surface area contributed by atoms with Gasteiger partial charge in [0.2, 0.25) is 0 Å². The molecule has 0 amide bonds. The first-order chi connectivity index (χ1) is 9.34. The van der Waals surface area contributed by atoms with E-state index in [1.165, 1.54) is 16.7 Å². The van der Waals surface area contributed by atoms with Crippen molar-refractivity contribution in [2.24, 2.45) is 0 Å². The maximum Gasteiger partial charge on any atom is 0.123 e. The summed E-state index contributed by atoms with van der Waals surface area (Å²) in [5, 5.41) is 0. The summed E-state index contributed by atoms with van der Waals surface area (Å²) in [5.74, 6) is 0.542. The van der Waals surface area contributed by atoms with Gasteiger partial charge in [-0.15, -0.1) is 0 Å². The zero-order valence-corrected chi connectivity index (χ0v) is 10.5. The number of aromatic nitrogens is 1. The van der Waals surface area contributed by atoms with Crippen molar-refractivity contribution in [2.45, 2.75) is 0 Å². The Hall–Kier alpha value is -2.61. The maximum absolute atomic E-state index is 5.77. The van der Waals surface area contributed by atoms with Crippen LogP contribution < -0.4 is 5.73 Å². The molecule has 0 unspecified atom stereocenters. The van der Waals surface area contributed by atoms with Gasteiger partial charge in [-0.05, 0) is 34.4 Å². The maximum atomic E-state index is 5.77. The van der Waals surface area contributed by atoms with Crippen LogP contribution in [0.1, 0.15) is 0 Å². The number of pyridine rings is 1. The molecule has 2 N–H and O–H groups in total. The quantitative estimate of drug-likeness (QED) is 0.742. The lowest BCUT2D eigenvalue weighted by atomic mass is 9.95. The average Bonchev–Trinajstić information content (AvgIpc) is 2.48. The van der Waals surface area contributed by atoms with Gasteiger partial charge >= 0.3 is 0 Å². The van der Waals surface area contributed by atoms with Crippen LogP contribution in [-0.4, -0.2) is 4.98 Å². The second-order valence-corrected chi connectivity index (χ2v) is 4.38. The molecule has 0 radical (unpaired) electrons. The summed E-state index contributed by atoms with van der Waals surface area (Å²) in [6.45, 7) is 0. The molecule has 1 heterocycles. The van der Waals surface area contributed by atoms with E-state index in [0.29, 0.717) is 5.82 Å². The van der Waals surface area contributed by atoms with E-state index >= 15 is 0 Å². The molecule has 2 aromatic carbocycles. The standard InChI is InChI=1S/C17H14N2/c18-17-12-14(10-11-19-17)16-9-5-4-8-15(16)13-6-2-1-3-7-13/h1-12H,(H2,18,19). The number of nitrogen functional groups attached to an aromatic ring is 1. The molecule has 0 saturated heterocycles. The van der Waals surface area contributed by atoms with E-state index in [1.54, 1.807) is 6.20 Å². The van der Waals surface area contributed by atoms with Crippen molar-refractivity contribution in [1.29, 1.82) is 0 Å². The van der Waals surface area contributed by atoms with Gasteiger partial charge in [0.05, 0.1) is 0 Å². The van der Waals surface area contributed by atoms with Crippen molar-refractivity contribution >= 4 is 5.82 Å². The van der Waals surface area contributed by atoms with E-state index in [4.69, 9.17) is 5.73 Å². The molecule has 0 bridgehead atoms. The summed E-state index contributed by atoms with van der Waals surface area (Å²) in [6, 6.07) is 22.6. The molecular weight excluding hydrogens is 232 g/mol. The smallest absolute Gasteiger partial charge is 0.123 e. The molecule has 0 spiro atoms. The topological polar surface area (TPSA) is 38.9 Å². The third kappa shape index (κ3) is 2.33. The SMILES string of the molecule is Nc1cc(-c2ccccc2-c2ccccc2)ccn1. The summed E-state index contributed by atoms with van der Waals surface area (Å²) < 4.78 is 0. The summed E-state index contributed by atoms with van der Waals surface area (Å²) in [7, 11) is 0. The number of nitrogens with two attached hydrogens (primary N) is 1. The highest BCUT2D eigenvalue weighted by Crippen LogP contribution is 2.31. The predicted molar refractivity (Wildman–Crippen MR) is 79.5 cm³/mol. The normalized spacial score (nSPS) is 10.3. The average molecular weight is 246 g/mol. The number of rotatable bonds is 2. The molecule has 92 valence electrons. The van der Waals surface area contributed by atoms with Crippen molar-refractivity contribution in [3.63, 3.8) is 0 Å². The van der Waals surface area contributed by atoms with Crippen LogP contribution >= 0.6 is 0 Å². The Kier molecular flexibility index (Phi) is 2.99. The second kappa shape index (κ2) is 4.94. The second-order valence-electron chi connectivity index (χ2n) is 4.38.